The molecule has 2 atom stereocenters. The van der Waals surface area contributed by atoms with Crippen molar-refractivity contribution >= 4 is 11.6 Å². The first-order valence-electron chi connectivity index (χ1n) is 3.95. The van der Waals surface area contributed by atoms with Crippen molar-refractivity contribution in [2.75, 3.05) is 0 Å². The molecular formula is C8H9F3O2. The number of halogens is 3. The molecule has 1 saturated carbocycles. The molecular weight excluding hydrogens is 185 g/mol. The largest absolute Gasteiger partial charge is 0.450 e. The molecule has 74 valence electrons. The zero-order valence-corrected chi connectivity index (χ0v) is 7.02. The molecule has 1 fully saturated rings. The summed E-state index contributed by atoms with van der Waals surface area (Å²) in [5, 5.41) is 0. The molecule has 0 radical (unpaired) electrons. The number of hydrogen-bond acceptors (Lipinski definition) is 2. The summed E-state index contributed by atoms with van der Waals surface area (Å²) in [5.41, 5.74) is 0. The number of carbonyl (C=O) groups is 2. The summed E-state index contributed by atoms with van der Waals surface area (Å²) >= 11 is 0. The Balaban J connectivity index is 2.41. The second kappa shape index (κ2) is 3.12. The third kappa shape index (κ3) is 2.54. The zero-order valence-electron chi connectivity index (χ0n) is 7.02. The fourth-order valence-corrected chi connectivity index (χ4v) is 1.16. The Hall–Kier alpha value is -0.870. The van der Waals surface area contributed by atoms with E-state index in [1.54, 1.807) is 6.92 Å². The Kier molecular flexibility index (Phi) is 2.45. The number of Topliss-reactive ketones (excluding diaryl/α,β-unsaturated/α-hetero) is 2. The zero-order chi connectivity index (χ0) is 10.2. The van der Waals surface area contributed by atoms with Crippen LogP contribution in [0.25, 0.3) is 0 Å². The van der Waals surface area contributed by atoms with Gasteiger partial charge in [0.1, 0.15) is 5.78 Å². The maximum atomic E-state index is 11.7. The van der Waals surface area contributed by atoms with Gasteiger partial charge in [0.15, 0.2) is 0 Å². The highest BCUT2D eigenvalue weighted by molar-refractivity contribution is 6.03. The van der Waals surface area contributed by atoms with Gasteiger partial charge in [-0.2, -0.15) is 13.2 Å². The van der Waals surface area contributed by atoms with Crippen LogP contribution in [-0.4, -0.2) is 17.7 Å². The summed E-state index contributed by atoms with van der Waals surface area (Å²) in [7, 11) is 0. The van der Waals surface area contributed by atoms with E-state index >= 15 is 0 Å². The van der Waals surface area contributed by atoms with E-state index in [1.165, 1.54) is 0 Å². The topological polar surface area (TPSA) is 34.1 Å². The molecule has 0 aliphatic heterocycles. The van der Waals surface area contributed by atoms with Crippen LogP contribution in [0.5, 0.6) is 0 Å². The van der Waals surface area contributed by atoms with Gasteiger partial charge in [0.2, 0.25) is 5.78 Å². The van der Waals surface area contributed by atoms with Gasteiger partial charge in [0.25, 0.3) is 0 Å². The molecule has 1 aliphatic carbocycles. The summed E-state index contributed by atoms with van der Waals surface area (Å²) in [5.74, 6) is -2.67. The van der Waals surface area contributed by atoms with E-state index in [4.69, 9.17) is 0 Å². The predicted molar refractivity (Wildman–Crippen MR) is 38.0 cm³/mol. The maximum absolute atomic E-state index is 11.7. The van der Waals surface area contributed by atoms with Gasteiger partial charge in [-0.25, -0.2) is 0 Å². The van der Waals surface area contributed by atoms with Gasteiger partial charge >= 0.3 is 6.18 Å². The summed E-state index contributed by atoms with van der Waals surface area (Å²) in [4.78, 5) is 21.3. The Morgan fingerprint density at radius 2 is 1.85 bits per heavy atom. The van der Waals surface area contributed by atoms with E-state index < -0.39 is 24.2 Å². The van der Waals surface area contributed by atoms with E-state index in [2.05, 4.69) is 0 Å². The smallest absolute Gasteiger partial charge is 0.299 e. The summed E-state index contributed by atoms with van der Waals surface area (Å²) in [6, 6.07) is 0. The molecule has 0 bridgehead atoms. The first-order valence-corrected chi connectivity index (χ1v) is 3.95. The standard InChI is InChI=1S/C8H9F3O2/c1-4-2-5(4)6(12)3-7(13)8(9,10)11/h4-5H,2-3H2,1H3. The Morgan fingerprint density at radius 3 is 2.15 bits per heavy atom. The third-order valence-corrected chi connectivity index (χ3v) is 2.17. The number of rotatable bonds is 3. The van der Waals surface area contributed by atoms with E-state index in [9.17, 15) is 22.8 Å². The van der Waals surface area contributed by atoms with Gasteiger partial charge < -0.3 is 0 Å². The van der Waals surface area contributed by atoms with Crippen LogP contribution in [0.1, 0.15) is 19.8 Å². The van der Waals surface area contributed by atoms with Crippen LogP contribution < -0.4 is 0 Å². The first-order chi connectivity index (χ1) is 5.82. The van der Waals surface area contributed by atoms with Crippen molar-refractivity contribution in [2.24, 2.45) is 11.8 Å². The highest BCUT2D eigenvalue weighted by atomic mass is 19.4. The number of carbonyl (C=O) groups excluding carboxylic acids is 2. The van der Waals surface area contributed by atoms with Crippen LogP contribution in [-0.2, 0) is 9.59 Å². The van der Waals surface area contributed by atoms with E-state index in [0.29, 0.717) is 6.42 Å². The van der Waals surface area contributed by atoms with Gasteiger partial charge in [0.05, 0.1) is 6.42 Å². The van der Waals surface area contributed by atoms with Crippen molar-refractivity contribution in [3.8, 4) is 0 Å². The molecule has 0 aromatic rings. The van der Waals surface area contributed by atoms with Crippen molar-refractivity contribution in [1.29, 1.82) is 0 Å². The van der Waals surface area contributed by atoms with Crippen molar-refractivity contribution in [3.05, 3.63) is 0 Å². The minimum atomic E-state index is -4.87. The SMILES string of the molecule is CC1CC1C(=O)CC(=O)C(F)(F)F. The molecule has 2 nitrogen and oxygen atoms in total. The second-order valence-corrected chi connectivity index (χ2v) is 3.38. The minimum Gasteiger partial charge on any atom is -0.299 e. The van der Waals surface area contributed by atoms with Crippen molar-refractivity contribution in [2.45, 2.75) is 25.9 Å². The molecule has 0 spiro atoms. The van der Waals surface area contributed by atoms with Crippen molar-refractivity contribution < 1.29 is 22.8 Å². The highest BCUT2D eigenvalue weighted by Crippen LogP contribution is 2.39. The van der Waals surface area contributed by atoms with Crippen LogP contribution in [0.4, 0.5) is 13.2 Å². The molecule has 1 rings (SSSR count). The van der Waals surface area contributed by atoms with Gasteiger partial charge in [0, 0.05) is 5.92 Å². The third-order valence-electron chi connectivity index (χ3n) is 2.17. The molecule has 0 aromatic carbocycles. The van der Waals surface area contributed by atoms with Crippen LogP contribution in [0.3, 0.4) is 0 Å². The minimum absolute atomic E-state index is 0.147. The van der Waals surface area contributed by atoms with Gasteiger partial charge in [-0.1, -0.05) is 6.92 Å². The Labute approximate surface area is 73.1 Å². The van der Waals surface area contributed by atoms with Crippen molar-refractivity contribution in [1.82, 2.24) is 0 Å². The van der Waals surface area contributed by atoms with Gasteiger partial charge in [-0.05, 0) is 12.3 Å². The Bertz CT molecular complexity index is 244. The summed E-state index contributed by atoms with van der Waals surface area (Å²) < 4.78 is 35.1. The maximum Gasteiger partial charge on any atom is 0.450 e. The lowest BCUT2D eigenvalue weighted by Gasteiger charge is -2.03. The number of hydrogen-bond donors (Lipinski definition) is 0. The van der Waals surface area contributed by atoms with Gasteiger partial charge in [-0.15, -0.1) is 0 Å². The van der Waals surface area contributed by atoms with Crippen LogP contribution in [0, 0.1) is 11.8 Å². The molecule has 0 heterocycles. The molecule has 0 saturated heterocycles. The lowest BCUT2D eigenvalue weighted by atomic mass is 10.1. The Morgan fingerprint density at radius 1 is 1.38 bits per heavy atom. The van der Waals surface area contributed by atoms with Crippen LogP contribution >= 0.6 is 0 Å². The average Bonchev–Trinajstić information content (AvgIpc) is 2.64. The van der Waals surface area contributed by atoms with Gasteiger partial charge in [-0.3, -0.25) is 9.59 Å². The normalized spacial score (nSPS) is 27.1. The van der Waals surface area contributed by atoms with E-state index in [0.717, 1.165) is 0 Å². The quantitative estimate of drug-likeness (QED) is 0.641. The predicted octanol–water partition coefficient (Wildman–Crippen LogP) is 1.73. The molecule has 5 heteroatoms. The fourth-order valence-electron chi connectivity index (χ4n) is 1.16. The molecule has 0 amide bonds. The van der Waals surface area contributed by atoms with E-state index in [-0.39, 0.29) is 11.8 Å². The monoisotopic (exact) mass is 194 g/mol. The fraction of sp³-hybridized carbons (Fsp3) is 0.750. The molecule has 0 aromatic heterocycles. The summed E-state index contributed by atoms with van der Waals surface area (Å²) in [6.45, 7) is 1.78. The number of alkyl halides is 3. The molecule has 1 aliphatic rings. The lowest BCUT2D eigenvalue weighted by Crippen LogP contribution is -2.25. The average molecular weight is 194 g/mol. The van der Waals surface area contributed by atoms with E-state index in [1.807, 2.05) is 0 Å². The molecule has 13 heavy (non-hydrogen) atoms. The number of ketones is 2. The second-order valence-electron chi connectivity index (χ2n) is 3.38. The highest BCUT2D eigenvalue weighted by Gasteiger charge is 2.44. The lowest BCUT2D eigenvalue weighted by molar-refractivity contribution is -0.171. The van der Waals surface area contributed by atoms with Crippen LogP contribution in [0.15, 0.2) is 0 Å². The first kappa shape index (κ1) is 10.2. The van der Waals surface area contributed by atoms with Crippen LogP contribution in [0.2, 0.25) is 0 Å². The summed E-state index contributed by atoms with van der Waals surface area (Å²) in [6.07, 6.45) is -5.24. The molecule has 2 unspecified atom stereocenters. The molecule has 0 N–H and O–H groups in total. The van der Waals surface area contributed by atoms with Crippen molar-refractivity contribution in [3.63, 3.8) is 0 Å².